The predicted molar refractivity (Wildman–Crippen MR) is 71.6 cm³/mol. The van der Waals surface area contributed by atoms with Gasteiger partial charge in [-0.15, -0.1) is 0 Å². The first kappa shape index (κ1) is 13.7. The van der Waals surface area contributed by atoms with Crippen molar-refractivity contribution in [2.45, 2.75) is 39.2 Å². The molecule has 2 N–H and O–H groups in total. The van der Waals surface area contributed by atoms with Gasteiger partial charge in [-0.1, -0.05) is 26.7 Å². The van der Waals surface area contributed by atoms with Crippen molar-refractivity contribution in [1.82, 2.24) is 10.6 Å². The van der Waals surface area contributed by atoms with Crippen LogP contribution in [0.15, 0.2) is 0 Å². The molecule has 1 aliphatic rings. The van der Waals surface area contributed by atoms with E-state index in [1.54, 1.807) is 7.11 Å². The predicted octanol–water partition coefficient (Wildman–Crippen LogP) is 1.92. The first-order valence-electron chi connectivity index (χ1n) is 6.18. The van der Waals surface area contributed by atoms with Gasteiger partial charge in [-0.3, -0.25) is 0 Å². The molecule has 0 aromatic heterocycles. The van der Waals surface area contributed by atoms with Gasteiger partial charge in [0.2, 0.25) is 0 Å². The van der Waals surface area contributed by atoms with Crippen LogP contribution in [0.1, 0.15) is 33.1 Å². The van der Waals surface area contributed by atoms with Crippen LogP contribution in [0.2, 0.25) is 0 Å². The molecule has 4 heteroatoms. The van der Waals surface area contributed by atoms with Crippen molar-refractivity contribution in [3.8, 4) is 0 Å². The van der Waals surface area contributed by atoms with Crippen molar-refractivity contribution < 1.29 is 4.74 Å². The third-order valence-electron chi connectivity index (χ3n) is 3.62. The van der Waals surface area contributed by atoms with Gasteiger partial charge in [-0.25, -0.2) is 0 Å². The lowest BCUT2D eigenvalue weighted by atomic mass is 9.78. The van der Waals surface area contributed by atoms with Crippen LogP contribution in [-0.4, -0.2) is 31.4 Å². The maximum absolute atomic E-state index is 5.26. The van der Waals surface area contributed by atoms with Crippen molar-refractivity contribution in [3.05, 3.63) is 0 Å². The molecule has 0 aromatic rings. The van der Waals surface area contributed by atoms with Gasteiger partial charge in [0.1, 0.15) is 0 Å². The topological polar surface area (TPSA) is 33.3 Å². The Kier molecular flexibility index (Phi) is 6.06. The minimum atomic E-state index is 0.534. The highest BCUT2D eigenvalue weighted by molar-refractivity contribution is 7.80. The Balaban J connectivity index is 2.26. The normalized spacial score (nSPS) is 29.8. The van der Waals surface area contributed by atoms with E-state index in [4.69, 9.17) is 17.0 Å². The van der Waals surface area contributed by atoms with Crippen molar-refractivity contribution in [3.63, 3.8) is 0 Å². The van der Waals surface area contributed by atoms with E-state index in [-0.39, 0.29) is 0 Å². The summed E-state index contributed by atoms with van der Waals surface area (Å²) >= 11 is 5.26. The van der Waals surface area contributed by atoms with Crippen LogP contribution in [0, 0.1) is 11.8 Å². The first-order valence-corrected chi connectivity index (χ1v) is 6.59. The number of ether oxygens (including phenoxy) is 1. The number of thiocarbonyl (C=S) groups is 1. The van der Waals surface area contributed by atoms with Gasteiger partial charge in [-0.05, 0) is 30.5 Å². The quantitative estimate of drug-likeness (QED) is 0.585. The zero-order chi connectivity index (χ0) is 12.0. The molecule has 94 valence electrons. The third-order valence-corrected chi connectivity index (χ3v) is 3.88. The van der Waals surface area contributed by atoms with E-state index in [2.05, 4.69) is 24.5 Å². The summed E-state index contributed by atoms with van der Waals surface area (Å²) in [5.41, 5.74) is 0. The van der Waals surface area contributed by atoms with Crippen LogP contribution >= 0.6 is 12.2 Å². The van der Waals surface area contributed by atoms with Gasteiger partial charge < -0.3 is 15.4 Å². The monoisotopic (exact) mass is 244 g/mol. The van der Waals surface area contributed by atoms with Crippen LogP contribution in [0.25, 0.3) is 0 Å². The van der Waals surface area contributed by atoms with E-state index < -0.39 is 0 Å². The highest BCUT2D eigenvalue weighted by Crippen LogP contribution is 2.29. The standard InChI is InChI=1S/C12H24N2OS/c1-9-5-4-6-11(10(9)2)14-12(16)13-7-8-15-3/h9-11H,4-8H2,1-3H3,(H2,13,14,16)/t9-,10-,11+/m0/s1. The van der Waals surface area contributed by atoms with Crippen molar-refractivity contribution >= 4 is 17.3 Å². The molecular formula is C12H24N2OS. The van der Waals surface area contributed by atoms with E-state index in [1.807, 2.05) is 0 Å². The molecule has 0 saturated heterocycles. The maximum atomic E-state index is 5.26. The van der Waals surface area contributed by atoms with Gasteiger partial charge in [0, 0.05) is 19.7 Å². The fraction of sp³-hybridized carbons (Fsp3) is 0.917. The van der Waals surface area contributed by atoms with E-state index in [9.17, 15) is 0 Å². The average Bonchev–Trinajstić information content (AvgIpc) is 2.25. The van der Waals surface area contributed by atoms with Crippen molar-refractivity contribution in [2.24, 2.45) is 11.8 Å². The molecule has 0 aromatic carbocycles. The molecule has 16 heavy (non-hydrogen) atoms. The molecule has 1 fully saturated rings. The SMILES string of the molecule is COCCNC(=S)N[C@@H]1CCC[C@H](C)[C@@H]1C. The number of hydrogen-bond donors (Lipinski definition) is 2. The summed E-state index contributed by atoms with van der Waals surface area (Å²) in [7, 11) is 1.70. The number of methoxy groups -OCH3 is 1. The molecule has 0 unspecified atom stereocenters. The molecule has 1 saturated carbocycles. The smallest absolute Gasteiger partial charge is 0.166 e. The Labute approximate surface area is 104 Å². The van der Waals surface area contributed by atoms with Gasteiger partial charge in [0.05, 0.1) is 6.61 Å². The van der Waals surface area contributed by atoms with Crippen LogP contribution in [0.5, 0.6) is 0 Å². The van der Waals surface area contributed by atoms with Gasteiger partial charge in [-0.2, -0.15) is 0 Å². The van der Waals surface area contributed by atoms with Crippen LogP contribution in [0.4, 0.5) is 0 Å². The summed E-state index contributed by atoms with van der Waals surface area (Å²) in [6.07, 6.45) is 3.89. The summed E-state index contributed by atoms with van der Waals surface area (Å²) in [6.45, 7) is 6.12. The second-order valence-corrected chi connectivity index (χ2v) is 5.18. The summed E-state index contributed by atoms with van der Waals surface area (Å²) in [5, 5.41) is 7.35. The average molecular weight is 244 g/mol. The highest BCUT2D eigenvalue weighted by atomic mass is 32.1. The largest absolute Gasteiger partial charge is 0.383 e. The second-order valence-electron chi connectivity index (χ2n) is 4.77. The molecule has 1 rings (SSSR count). The Morgan fingerprint density at radius 1 is 1.38 bits per heavy atom. The fourth-order valence-electron chi connectivity index (χ4n) is 2.27. The Hall–Kier alpha value is -0.350. The molecule has 0 bridgehead atoms. The molecule has 0 spiro atoms. The highest BCUT2D eigenvalue weighted by Gasteiger charge is 2.27. The van der Waals surface area contributed by atoms with Gasteiger partial charge >= 0.3 is 0 Å². The number of nitrogens with one attached hydrogen (secondary N) is 2. The summed E-state index contributed by atoms with van der Waals surface area (Å²) in [4.78, 5) is 0. The van der Waals surface area contributed by atoms with Crippen LogP contribution in [-0.2, 0) is 4.74 Å². The van der Waals surface area contributed by atoms with Gasteiger partial charge in [0.25, 0.3) is 0 Å². The summed E-state index contributed by atoms with van der Waals surface area (Å²) in [5.74, 6) is 1.50. The zero-order valence-corrected chi connectivity index (χ0v) is 11.4. The zero-order valence-electron chi connectivity index (χ0n) is 10.6. The molecule has 1 aliphatic carbocycles. The maximum Gasteiger partial charge on any atom is 0.166 e. The van der Waals surface area contributed by atoms with E-state index >= 15 is 0 Å². The van der Waals surface area contributed by atoms with Crippen LogP contribution < -0.4 is 10.6 Å². The number of rotatable bonds is 4. The Bertz CT molecular complexity index is 223. The molecular weight excluding hydrogens is 220 g/mol. The molecule has 3 atom stereocenters. The fourth-order valence-corrected chi connectivity index (χ4v) is 2.53. The lowest BCUT2D eigenvalue weighted by molar-refractivity contribution is 0.202. The third kappa shape index (κ3) is 4.26. The number of hydrogen-bond acceptors (Lipinski definition) is 2. The Morgan fingerprint density at radius 2 is 2.12 bits per heavy atom. The molecule has 0 heterocycles. The Morgan fingerprint density at radius 3 is 2.81 bits per heavy atom. The molecule has 3 nitrogen and oxygen atoms in total. The van der Waals surface area contributed by atoms with E-state index in [1.165, 1.54) is 19.3 Å². The van der Waals surface area contributed by atoms with Crippen molar-refractivity contribution in [1.29, 1.82) is 0 Å². The minimum absolute atomic E-state index is 0.534. The molecule has 0 radical (unpaired) electrons. The van der Waals surface area contributed by atoms with Crippen LogP contribution in [0.3, 0.4) is 0 Å². The summed E-state index contributed by atoms with van der Waals surface area (Å²) < 4.78 is 4.97. The minimum Gasteiger partial charge on any atom is -0.383 e. The summed E-state index contributed by atoms with van der Waals surface area (Å²) in [6, 6.07) is 0.534. The first-order chi connectivity index (χ1) is 7.65. The van der Waals surface area contributed by atoms with E-state index in [0.29, 0.717) is 18.6 Å². The van der Waals surface area contributed by atoms with Gasteiger partial charge in [0.15, 0.2) is 5.11 Å². The van der Waals surface area contributed by atoms with E-state index in [0.717, 1.165) is 17.6 Å². The lowest BCUT2D eigenvalue weighted by Crippen LogP contribution is -2.48. The lowest BCUT2D eigenvalue weighted by Gasteiger charge is -2.35. The molecule has 0 amide bonds. The molecule has 0 aliphatic heterocycles. The van der Waals surface area contributed by atoms with Crippen molar-refractivity contribution in [2.75, 3.05) is 20.3 Å². The second kappa shape index (κ2) is 7.07.